The number of hydrogen-bond donors (Lipinski definition) is 1. The van der Waals surface area contributed by atoms with Crippen LogP contribution in [0.1, 0.15) is 6.92 Å². The quantitative estimate of drug-likeness (QED) is 0.825. The van der Waals surface area contributed by atoms with Crippen LogP contribution in [-0.4, -0.2) is 55.6 Å². The summed E-state index contributed by atoms with van der Waals surface area (Å²) in [5, 5.41) is 2.78. The fraction of sp³-hybridized carbons (Fsp3) is 0.333. The maximum absolute atomic E-state index is 13.1. The Labute approximate surface area is 163 Å². The first-order valence-electron chi connectivity index (χ1n) is 9.29. The van der Waals surface area contributed by atoms with Crippen LogP contribution in [0.25, 0.3) is 0 Å². The Bertz CT molecular complexity index is 891. The van der Waals surface area contributed by atoms with Crippen LogP contribution in [0.3, 0.4) is 0 Å². The Morgan fingerprint density at radius 2 is 1.75 bits per heavy atom. The number of rotatable bonds is 3. The predicted molar refractivity (Wildman–Crippen MR) is 106 cm³/mol. The van der Waals surface area contributed by atoms with Crippen LogP contribution < -0.4 is 19.7 Å². The summed E-state index contributed by atoms with van der Waals surface area (Å²) >= 11 is 0. The van der Waals surface area contributed by atoms with Crippen LogP contribution in [0.2, 0.25) is 0 Å². The van der Waals surface area contributed by atoms with Crippen molar-refractivity contribution in [3.63, 3.8) is 0 Å². The topological polar surface area (TPSA) is 71.1 Å². The number of nitrogens with zero attached hydrogens (tertiary/aromatic N) is 2. The number of carbonyl (C=O) groups is 2. The first kappa shape index (κ1) is 18.2. The summed E-state index contributed by atoms with van der Waals surface area (Å²) in [6, 6.07) is 15.0. The van der Waals surface area contributed by atoms with Crippen molar-refractivity contribution in [1.29, 1.82) is 0 Å². The van der Waals surface area contributed by atoms with Crippen LogP contribution in [0.5, 0.6) is 11.5 Å². The van der Waals surface area contributed by atoms with Crippen LogP contribution in [-0.2, 0) is 9.59 Å². The fourth-order valence-electron chi connectivity index (χ4n) is 3.57. The van der Waals surface area contributed by atoms with E-state index < -0.39 is 11.5 Å². The average Bonchev–Trinajstić information content (AvgIpc) is 2.74. The molecule has 1 N–H and O–H groups in total. The lowest BCUT2D eigenvalue weighted by molar-refractivity contribution is -0.154. The number of nitrogens with one attached hydrogen (secondary N) is 1. The molecule has 2 aromatic carbocycles. The van der Waals surface area contributed by atoms with E-state index >= 15 is 0 Å². The van der Waals surface area contributed by atoms with Crippen molar-refractivity contribution in [2.75, 3.05) is 43.5 Å². The van der Waals surface area contributed by atoms with E-state index in [4.69, 9.17) is 9.47 Å². The minimum atomic E-state index is -1.56. The number of fused-ring (bicyclic) bond motifs is 1. The molecule has 0 saturated carbocycles. The molecule has 2 heterocycles. The van der Waals surface area contributed by atoms with E-state index in [1.54, 1.807) is 24.1 Å². The SMILES string of the molecule is COc1ccc(N2CCN(C(=O)C3(C)Oc4ccccc4NC3=O)CC2)cc1. The number of methoxy groups -OCH3 is 1. The highest BCUT2D eigenvalue weighted by Crippen LogP contribution is 2.34. The van der Waals surface area contributed by atoms with Gasteiger partial charge in [-0.2, -0.15) is 0 Å². The minimum Gasteiger partial charge on any atom is -0.497 e. The number of ether oxygens (including phenoxy) is 2. The molecule has 2 aliphatic rings. The fourth-order valence-corrected chi connectivity index (χ4v) is 3.57. The smallest absolute Gasteiger partial charge is 0.278 e. The normalized spacial score (nSPS) is 21.4. The summed E-state index contributed by atoms with van der Waals surface area (Å²) in [6.07, 6.45) is 0. The van der Waals surface area contributed by atoms with Gasteiger partial charge in [-0.05, 0) is 43.3 Å². The Morgan fingerprint density at radius 1 is 1.07 bits per heavy atom. The van der Waals surface area contributed by atoms with Crippen LogP contribution >= 0.6 is 0 Å². The Hall–Kier alpha value is -3.22. The molecule has 0 radical (unpaired) electrons. The van der Waals surface area contributed by atoms with Crippen molar-refractivity contribution in [3.8, 4) is 11.5 Å². The van der Waals surface area contributed by atoms with Gasteiger partial charge in [-0.3, -0.25) is 9.59 Å². The second kappa shape index (κ2) is 7.07. The van der Waals surface area contributed by atoms with Gasteiger partial charge in [0.2, 0.25) is 0 Å². The van der Waals surface area contributed by atoms with Crippen LogP contribution in [0.15, 0.2) is 48.5 Å². The van der Waals surface area contributed by atoms with Gasteiger partial charge < -0.3 is 24.6 Å². The van der Waals surface area contributed by atoms with Crippen molar-refractivity contribution in [3.05, 3.63) is 48.5 Å². The molecule has 1 saturated heterocycles. The van der Waals surface area contributed by atoms with Gasteiger partial charge in [0, 0.05) is 31.9 Å². The molecule has 0 aliphatic carbocycles. The zero-order valence-electron chi connectivity index (χ0n) is 16.0. The maximum atomic E-state index is 13.1. The number of amides is 2. The highest BCUT2D eigenvalue weighted by molar-refractivity contribution is 6.15. The third-order valence-corrected chi connectivity index (χ3v) is 5.30. The lowest BCUT2D eigenvalue weighted by atomic mass is 10.00. The molecular weight excluding hydrogens is 358 g/mol. The van der Waals surface area contributed by atoms with Gasteiger partial charge in [0.05, 0.1) is 12.8 Å². The standard InChI is InChI=1S/C21H23N3O4/c1-21(19(25)22-17-5-3-4-6-18(17)28-21)20(26)24-13-11-23(12-14-24)15-7-9-16(27-2)10-8-15/h3-10H,11-14H2,1-2H3,(H,22,25). The van der Waals surface area contributed by atoms with E-state index in [0.717, 1.165) is 11.4 Å². The highest BCUT2D eigenvalue weighted by Gasteiger charge is 2.49. The van der Waals surface area contributed by atoms with E-state index in [-0.39, 0.29) is 5.91 Å². The van der Waals surface area contributed by atoms with Crippen molar-refractivity contribution in [1.82, 2.24) is 4.90 Å². The number of para-hydroxylation sites is 2. The van der Waals surface area contributed by atoms with Gasteiger partial charge in [-0.15, -0.1) is 0 Å². The number of anilines is 2. The largest absolute Gasteiger partial charge is 0.497 e. The van der Waals surface area contributed by atoms with Crippen molar-refractivity contribution in [2.24, 2.45) is 0 Å². The lowest BCUT2D eigenvalue weighted by Gasteiger charge is -2.41. The van der Waals surface area contributed by atoms with E-state index in [1.807, 2.05) is 36.4 Å². The summed E-state index contributed by atoms with van der Waals surface area (Å²) in [6.45, 7) is 3.96. The zero-order chi connectivity index (χ0) is 19.7. The summed E-state index contributed by atoms with van der Waals surface area (Å²) in [5.74, 6) is 0.573. The Kier molecular flexibility index (Phi) is 4.58. The monoisotopic (exact) mass is 381 g/mol. The molecule has 28 heavy (non-hydrogen) atoms. The molecule has 0 spiro atoms. The molecule has 1 atom stereocenters. The maximum Gasteiger partial charge on any atom is 0.278 e. The highest BCUT2D eigenvalue weighted by atomic mass is 16.5. The zero-order valence-corrected chi connectivity index (χ0v) is 16.0. The number of carbonyl (C=O) groups excluding carboxylic acids is 2. The molecule has 7 heteroatoms. The van der Waals surface area contributed by atoms with E-state index in [1.165, 1.54) is 6.92 Å². The van der Waals surface area contributed by atoms with Gasteiger partial charge in [-0.1, -0.05) is 12.1 Å². The third-order valence-electron chi connectivity index (χ3n) is 5.30. The third kappa shape index (κ3) is 3.13. The average molecular weight is 381 g/mol. The molecule has 2 amide bonds. The Morgan fingerprint density at radius 3 is 2.43 bits per heavy atom. The molecule has 2 aliphatic heterocycles. The molecule has 0 aromatic heterocycles. The second-order valence-corrected chi connectivity index (χ2v) is 7.06. The molecule has 0 bridgehead atoms. The van der Waals surface area contributed by atoms with Crippen LogP contribution in [0, 0.1) is 0 Å². The lowest BCUT2D eigenvalue weighted by Crippen LogP contribution is -2.62. The molecule has 1 fully saturated rings. The molecule has 7 nitrogen and oxygen atoms in total. The molecular formula is C21H23N3O4. The van der Waals surface area contributed by atoms with E-state index in [0.29, 0.717) is 37.6 Å². The molecule has 4 rings (SSSR count). The second-order valence-electron chi connectivity index (χ2n) is 7.06. The molecule has 1 unspecified atom stereocenters. The minimum absolute atomic E-state index is 0.311. The molecule has 2 aromatic rings. The van der Waals surface area contributed by atoms with Crippen LogP contribution in [0.4, 0.5) is 11.4 Å². The summed E-state index contributed by atoms with van der Waals surface area (Å²) in [5.41, 5.74) is 0.109. The van der Waals surface area contributed by atoms with Gasteiger partial charge in [0.25, 0.3) is 17.4 Å². The van der Waals surface area contributed by atoms with E-state index in [2.05, 4.69) is 10.2 Å². The summed E-state index contributed by atoms with van der Waals surface area (Å²) < 4.78 is 11.0. The summed E-state index contributed by atoms with van der Waals surface area (Å²) in [4.78, 5) is 29.6. The first-order valence-corrected chi connectivity index (χ1v) is 9.29. The molecule has 146 valence electrons. The number of hydrogen-bond acceptors (Lipinski definition) is 5. The first-order chi connectivity index (χ1) is 13.5. The van der Waals surface area contributed by atoms with Gasteiger partial charge >= 0.3 is 0 Å². The number of piperazine rings is 1. The Balaban J connectivity index is 1.44. The van der Waals surface area contributed by atoms with Crippen molar-refractivity contribution in [2.45, 2.75) is 12.5 Å². The van der Waals surface area contributed by atoms with Gasteiger partial charge in [-0.25, -0.2) is 0 Å². The van der Waals surface area contributed by atoms with E-state index in [9.17, 15) is 9.59 Å². The van der Waals surface area contributed by atoms with Crippen molar-refractivity contribution >= 4 is 23.2 Å². The van der Waals surface area contributed by atoms with Gasteiger partial charge in [0.1, 0.15) is 11.5 Å². The van der Waals surface area contributed by atoms with Crippen molar-refractivity contribution < 1.29 is 19.1 Å². The van der Waals surface area contributed by atoms with Gasteiger partial charge in [0.15, 0.2) is 0 Å². The number of benzene rings is 2. The predicted octanol–water partition coefficient (Wildman–Crippen LogP) is 2.13. The summed E-state index contributed by atoms with van der Waals surface area (Å²) in [7, 11) is 1.64.